The van der Waals surface area contributed by atoms with Crippen LogP contribution >= 0.6 is 7.60 Å². The summed E-state index contributed by atoms with van der Waals surface area (Å²) in [6.07, 6.45) is 18.7. The van der Waals surface area contributed by atoms with Crippen LogP contribution in [0.5, 0.6) is 0 Å². The number of hydrogen-bond acceptors (Lipinski definition) is 6. The van der Waals surface area contributed by atoms with Crippen molar-refractivity contribution in [3.8, 4) is 0 Å². The fourth-order valence-electron chi connectivity index (χ4n) is 3.86. The molecule has 0 aliphatic heterocycles. The SMILES string of the molecule is CCCCCCCCCCCCCCCCOCC(COP(=O)(O)C(C)CCCN)OC(C)=O. The number of carbonyl (C=O) groups is 1. The molecule has 204 valence electrons. The Morgan fingerprint density at radius 3 is 1.82 bits per heavy atom. The van der Waals surface area contributed by atoms with Crippen molar-refractivity contribution in [2.75, 3.05) is 26.4 Å². The average Bonchev–Trinajstić information content (AvgIpc) is 2.80. The third-order valence-corrected chi connectivity index (χ3v) is 8.00. The molecule has 0 spiro atoms. The third-order valence-electron chi connectivity index (χ3n) is 6.11. The van der Waals surface area contributed by atoms with Gasteiger partial charge in [-0.25, -0.2) is 0 Å². The van der Waals surface area contributed by atoms with E-state index in [1.807, 2.05) is 0 Å². The van der Waals surface area contributed by atoms with E-state index in [0.717, 1.165) is 12.8 Å². The molecule has 0 heterocycles. The van der Waals surface area contributed by atoms with Gasteiger partial charge in [0.1, 0.15) is 6.10 Å². The highest BCUT2D eigenvalue weighted by atomic mass is 31.2. The highest BCUT2D eigenvalue weighted by Crippen LogP contribution is 2.49. The van der Waals surface area contributed by atoms with Gasteiger partial charge in [-0.1, -0.05) is 97.3 Å². The second-order valence-electron chi connectivity index (χ2n) is 9.54. The largest absolute Gasteiger partial charge is 0.458 e. The molecule has 0 aromatic heterocycles. The molecule has 0 saturated heterocycles. The molecular weight excluding hydrogens is 453 g/mol. The van der Waals surface area contributed by atoms with Crippen molar-refractivity contribution in [1.29, 1.82) is 0 Å². The molecule has 7 nitrogen and oxygen atoms in total. The van der Waals surface area contributed by atoms with Gasteiger partial charge in [0.25, 0.3) is 0 Å². The van der Waals surface area contributed by atoms with Gasteiger partial charge in [0.05, 0.1) is 18.9 Å². The van der Waals surface area contributed by atoms with Crippen LogP contribution in [0.2, 0.25) is 0 Å². The molecule has 0 aromatic rings. The number of nitrogens with two attached hydrogens (primary N) is 1. The summed E-state index contributed by atoms with van der Waals surface area (Å²) >= 11 is 0. The number of carbonyl (C=O) groups excluding carboxylic acids is 1. The molecule has 34 heavy (non-hydrogen) atoms. The molecule has 0 amide bonds. The monoisotopic (exact) mass is 507 g/mol. The number of hydrogen-bond donors (Lipinski definition) is 2. The summed E-state index contributed by atoms with van der Waals surface area (Å²) in [5, 5.41) is 0. The van der Waals surface area contributed by atoms with Crippen molar-refractivity contribution in [3.05, 3.63) is 0 Å². The van der Waals surface area contributed by atoms with E-state index < -0.39 is 25.3 Å². The standard InChI is InChI=1S/C26H54NO6P/c1-4-5-6-7-8-9-10-11-12-13-14-15-16-17-21-31-22-26(33-25(3)28)23-32-34(29,30)24(2)19-18-20-27/h24,26H,4-23,27H2,1-3H3,(H,29,30). The summed E-state index contributed by atoms with van der Waals surface area (Å²) in [5.74, 6) is -0.461. The second-order valence-corrected chi connectivity index (χ2v) is 11.8. The zero-order valence-electron chi connectivity index (χ0n) is 22.3. The Morgan fingerprint density at radius 2 is 1.35 bits per heavy atom. The Balaban J connectivity index is 3.77. The Kier molecular flexibility index (Phi) is 22.7. The van der Waals surface area contributed by atoms with E-state index in [2.05, 4.69) is 6.92 Å². The van der Waals surface area contributed by atoms with E-state index in [-0.39, 0.29) is 13.2 Å². The Labute approximate surface area is 209 Å². The first-order valence-corrected chi connectivity index (χ1v) is 15.4. The molecule has 3 atom stereocenters. The molecule has 0 radical (unpaired) electrons. The van der Waals surface area contributed by atoms with E-state index in [0.29, 0.717) is 26.0 Å². The first-order chi connectivity index (χ1) is 16.3. The maximum atomic E-state index is 12.3. The maximum Gasteiger partial charge on any atom is 0.331 e. The molecular formula is C26H54NO6P. The molecule has 0 bridgehead atoms. The molecule has 3 unspecified atom stereocenters. The second kappa shape index (κ2) is 23.0. The van der Waals surface area contributed by atoms with Crippen molar-refractivity contribution >= 4 is 13.6 Å². The molecule has 0 aliphatic carbocycles. The first kappa shape index (κ1) is 33.5. The molecule has 0 aromatic carbocycles. The van der Waals surface area contributed by atoms with Crippen LogP contribution in [-0.2, 0) is 23.4 Å². The topological polar surface area (TPSA) is 108 Å². The lowest BCUT2D eigenvalue weighted by molar-refractivity contribution is -0.151. The fourth-order valence-corrected chi connectivity index (χ4v) is 5.00. The van der Waals surface area contributed by atoms with Crippen molar-refractivity contribution in [2.45, 2.75) is 135 Å². The van der Waals surface area contributed by atoms with Gasteiger partial charge in [0.15, 0.2) is 0 Å². The Bertz CT molecular complexity index is 520. The molecule has 0 aliphatic rings. The van der Waals surface area contributed by atoms with E-state index in [4.69, 9.17) is 19.7 Å². The fraction of sp³-hybridized carbons (Fsp3) is 0.962. The average molecular weight is 508 g/mol. The van der Waals surface area contributed by atoms with Crippen LogP contribution in [0.3, 0.4) is 0 Å². The summed E-state index contributed by atoms with van der Waals surface area (Å²) in [5.41, 5.74) is 4.95. The molecule has 0 fully saturated rings. The van der Waals surface area contributed by atoms with Crippen LogP contribution < -0.4 is 5.73 Å². The van der Waals surface area contributed by atoms with Crippen LogP contribution in [0.4, 0.5) is 0 Å². The van der Waals surface area contributed by atoms with Crippen LogP contribution in [0.1, 0.15) is 124 Å². The van der Waals surface area contributed by atoms with Gasteiger partial charge in [-0.2, -0.15) is 0 Å². The van der Waals surface area contributed by atoms with Crippen LogP contribution in [0.25, 0.3) is 0 Å². The summed E-state index contributed by atoms with van der Waals surface area (Å²) < 4.78 is 28.4. The highest BCUT2D eigenvalue weighted by Gasteiger charge is 2.29. The van der Waals surface area contributed by atoms with Crippen LogP contribution in [0.15, 0.2) is 0 Å². The van der Waals surface area contributed by atoms with Crippen molar-refractivity contribution < 1.29 is 28.3 Å². The lowest BCUT2D eigenvalue weighted by Crippen LogP contribution is -2.28. The minimum absolute atomic E-state index is 0.154. The van der Waals surface area contributed by atoms with Crippen LogP contribution in [0, 0.1) is 0 Å². The number of ether oxygens (including phenoxy) is 2. The van der Waals surface area contributed by atoms with Gasteiger partial charge < -0.3 is 24.6 Å². The van der Waals surface area contributed by atoms with Gasteiger partial charge in [-0.05, 0) is 25.8 Å². The Morgan fingerprint density at radius 1 is 0.853 bits per heavy atom. The lowest BCUT2D eigenvalue weighted by atomic mass is 10.0. The lowest BCUT2D eigenvalue weighted by Gasteiger charge is -2.22. The number of rotatable bonds is 25. The quantitative estimate of drug-likeness (QED) is 0.0799. The number of unbranched alkanes of at least 4 members (excludes halogenated alkanes) is 13. The maximum absolute atomic E-state index is 12.3. The van der Waals surface area contributed by atoms with Gasteiger partial charge in [0.2, 0.25) is 0 Å². The van der Waals surface area contributed by atoms with Crippen molar-refractivity contribution in [1.82, 2.24) is 0 Å². The van der Waals surface area contributed by atoms with E-state index in [1.165, 1.54) is 84.0 Å². The molecule has 0 rings (SSSR count). The minimum atomic E-state index is -3.79. The molecule has 8 heteroatoms. The predicted molar refractivity (Wildman–Crippen MR) is 140 cm³/mol. The zero-order valence-corrected chi connectivity index (χ0v) is 23.2. The molecule has 0 saturated carbocycles. The summed E-state index contributed by atoms with van der Waals surface area (Å²) in [4.78, 5) is 21.5. The zero-order chi connectivity index (χ0) is 25.5. The third kappa shape index (κ3) is 20.9. The van der Waals surface area contributed by atoms with Gasteiger partial charge >= 0.3 is 13.6 Å². The summed E-state index contributed by atoms with van der Waals surface area (Å²) in [6.45, 7) is 6.30. The predicted octanol–water partition coefficient (Wildman–Crippen LogP) is 6.75. The van der Waals surface area contributed by atoms with Gasteiger partial charge in [-0.15, -0.1) is 0 Å². The Hall–Kier alpha value is -0.460. The van der Waals surface area contributed by atoms with E-state index >= 15 is 0 Å². The first-order valence-electron chi connectivity index (χ1n) is 13.8. The van der Waals surface area contributed by atoms with E-state index in [1.54, 1.807) is 6.92 Å². The van der Waals surface area contributed by atoms with Gasteiger partial charge in [0, 0.05) is 13.5 Å². The normalized spacial score (nSPS) is 15.1. The molecule has 3 N–H and O–H groups in total. The summed E-state index contributed by atoms with van der Waals surface area (Å²) in [6, 6.07) is 0. The van der Waals surface area contributed by atoms with Crippen molar-refractivity contribution in [3.63, 3.8) is 0 Å². The van der Waals surface area contributed by atoms with Gasteiger partial charge in [-0.3, -0.25) is 9.36 Å². The van der Waals surface area contributed by atoms with E-state index in [9.17, 15) is 14.3 Å². The highest BCUT2D eigenvalue weighted by molar-refractivity contribution is 7.53. The van der Waals surface area contributed by atoms with Crippen molar-refractivity contribution in [2.24, 2.45) is 5.73 Å². The minimum Gasteiger partial charge on any atom is -0.458 e. The van der Waals surface area contributed by atoms with Crippen LogP contribution in [-0.4, -0.2) is 49.0 Å². The smallest absolute Gasteiger partial charge is 0.331 e. The number of esters is 1. The summed E-state index contributed by atoms with van der Waals surface area (Å²) in [7, 11) is -3.79.